The summed E-state index contributed by atoms with van der Waals surface area (Å²) in [7, 11) is 2.01. The Kier molecular flexibility index (Phi) is 7.11. The molecule has 3 rings (SSSR count). The summed E-state index contributed by atoms with van der Waals surface area (Å²) in [6, 6.07) is 11.4. The van der Waals surface area contributed by atoms with Gasteiger partial charge in [-0.25, -0.2) is 17.9 Å². The Hall–Kier alpha value is -2.32. The summed E-state index contributed by atoms with van der Waals surface area (Å²) in [6.45, 7) is 5.21. The number of nitrogens with one attached hydrogen (secondary N) is 1. The minimum atomic E-state index is -3.75. The number of carbonyl (C=O) groups is 1. The first kappa shape index (κ1) is 23.4. The predicted molar refractivity (Wildman–Crippen MR) is 120 cm³/mol. The zero-order chi connectivity index (χ0) is 22.6. The Morgan fingerprint density at radius 3 is 2.61 bits per heavy atom. The highest BCUT2D eigenvalue weighted by Gasteiger charge is 2.27. The first-order valence-electron chi connectivity index (χ1n) is 10.4. The normalized spacial score (nSPS) is 16.8. The van der Waals surface area contributed by atoms with Crippen molar-refractivity contribution in [2.75, 3.05) is 6.61 Å². The van der Waals surface area contributed by atoms with Crippen molar-refractivity contribution in [1.29, 1.82) is 0 Å². The van der Waals surface area contributed by atoms with E-state index in [1.807, 2.05) is 12.1 Å². The monoisotopic (exact) mass is 441 g/mol. The van der Waals surface area contributed by atoms with Gasteiger partial charge in [-0.1, -0.05) is 36.1 Å². The largest absolute Gasteiger partial charge is 0.482 e. The molecule has 1 aliphatic rings. The van der Waals surface area contributed by atoms with Gasteiger partial charge in [-0.05, 0) is 69.4 Å². The van der Waals surface area contributed by atoms with Gasteiger partial charge in [0.15, 0.2) is 6.61 Å². The third-order valence-corrected chi connectivity index (χ3v) is 6.41. The quantitative estimate of drug-likeness (QED) is 0.424. The van der Waals surface area contributed by atoms with Gasteiger partial charge in [0.25, 0.3) is 0 Å². The van der Waals surface area contributed by atoms with E-state index in [0.717, 1.165) is 30.4 Å². The highest BCUT2D eigenvalue weighted by molar-refractivity contribution is 7.89. The van der Waals surface area contributed by atoms with Crippen molar-refractivity contribution in [3.8, 4) is 5.75 Å². The molecule has 0 fully saturated rings. The van der Waals surface area contributed by atoms with E-state index in [1.165, 1.54) is 12.1 Å². The van der Waals surface area contributed by atoms with E-state index in [2.05, 4.69) is 4.72 Å². The molecule has 0 aromatic heterocycles. The number of fused-ring (bicyclic) bond motifs is 1. The van der Waals surface area contributed by atoms with Gasteiger partial charge in [0, 0.05) is 6.04 Å². The lowest BCUT2D eigenvalue weighted by molar-refractivity contribution is -0.157. The van der Waals surface area contributed by atoms with E-state index in [1.54, 1.807) is 39.0 Å². The number of benzene rings is 2. The number of esters is 1. The fourth-order valence-electron chi connectivity index (χ4n) is 3.68. The summed E-state index contributed by atoms with van der Waals surface area (Å²) in [4.78, 5) is 12.2. The zero-order valence-electron chi connectivity index (χ0n) is 18.2. The van der Waals surface area contributed by atoms with Crippen LogP contribution in [0.4, 0.5) is 0 Å². The van der Waals surface area contributed by atoms with Crippen LogP contribution in [0.5, 0.6) is 5.75 Å². The molecular weight excluding hydrogens is 413 g/mol. The van der Waals surface area contributed by atoms with Crippen molar-refractivity contribution in [3.63, 3.8) is 0 Å². The highest BCUT2D eigenvalue weighted by Crippen LogP contribution is 2.35. The Balaban J connectivity index is 1.82. The molecule has 2 aromatic rings. The van der Waals surface area contributed by atoms with Crippen LogP contribution in [0.25, 0.3) is 0 Å². The average molecular weight is 441 g/mol. The summed E-state index contributed by atoms with van der Waals surface area (Å²) in [5, 5.41) is 0. The van der Waals surface area contributed by atoms with Gasteiger partial charge in [0.1, 0.15) is 19.2 Å². The molecule has 1 unspecified atom stereocenters. The average Bonchev–Trinajstić information content (AvgIpc) is 2.87. The fourth-order valence-corrected chi connectivity index (χ4v) is 4.99. The number of hydrogen-bond acceptors (Lipinski definition) is 5. The molecule has 0 saturated heterocycles. The van der Waals surface area contributed by atoms with Crippen LogP contribution in [0.3, 0.4) is 0 Å². The molecule has 6 nitrogen and oxygen atoms in total. The zero-order valence-corrected chi connectivity index (χ0v) is 19.0. The molecule has 0 amide bonds. The van der Waals surface area contributed by atoms with Gasteiger partial charge in [-0.2, -0.15) is 0 Å². The summed E-state index contributed by atoms with van der Waals surface area (Å²) < 4.78 is 39.8. The van der Waals surface area contributed by atoms with Gasteiger partial charge < -0.3 is 9.47 Å². The summed E-state index contributed by atoms with van der Waals surface area (Å²) in [5.41, 5.74) is 1.59. The lowest BCUT2D eigenvalue weighted by Gasteiger charge is -2.22. The molecule has 2 radical (unpaired) electrons. The lowest BCUT2D eigenvalue weighted by atomic mass is 9.97. The summed E-state index contributed by atoms with van der Waals surface area (Å²) in [6.07, 6.45) is 3.18. The van der Waals surface area contributed by atoms with Crippen molar-refractivity contribution in [1.82, 2.24) is 4.72 Å². The molecule has 0 spiro atoms. The molecule has 2 aromatic carbocycles. The first-order chi connectivity index (χ1) is 14.5. The SMILES string of the molecule is [B]c1cccc(S(=O)(=O)NC2CCCCc3c(OCC(=O)OC(C)(C)C)cccc32)c1. The predicted octanol–water partition coefficient (Wildman–Crippen LogP) is 2.95. The number of hydrogen-bond donors (Lipinski definition) is 1. The number of ether oxygens (including phenoxy) is 2. The highest BCUT2D eigenvalue weighted by atomic mass is 32.2. The van der Waals surface area contributed by atoms with Crippen molar-refractivity contribution < 1.29 is 22.7 Å². The fraction of sp³-hybridized carbons (Fsp3) is 0.435. The number of rotatable bonds is 6. The molecule has 1 aliphatic carbocycles. The Bertz CT molecular complexity index is 1050. The maximum atomic E-state index is 12.9. The van der Waals surface area contributed by atoms with Crippen molar-refractivity contribution >= 4 is 29.3 Å². The van der Waals surface area contributed by atoms with Gasteiger partial charge >= 0.3 is 5.97 Å². The second kappa shape index (κ2) is 9.45. The molecular formula is C23H28BNO5S. The second-order valence-electron chi connectivity index (χ2n) is 8.69. The lowest BCUT2D eigenvalue weighted by Crippen LogP contribution is -2.29. The van der Waals surface area contributed by atoms with Crippen LogP contribution >= 0.6 is 0 Å². The maximum absolute atomic E-state index is 12.9. The van der Waals surface area contributed by atoms with Crippen LogP contribution in [0.1, 0.15) is 57.2 Å². The van der Waals surface area contributed by atoms with Crippen LogP contribution in [0, 0.1) is 0 Å². The molecule has 0 heterocycles. The van der Waals surface area contributed by atoms with E-state index < -0.39 is 27.6 Å². The Labute approximate surface area is 185 Å². The molecule has 31 heavy (non-hydrogen) atoms. The van der Waals surface area contributed by atoms with Gasteiger partial charge in [0.05, 0.1) is 4.90 Å². The van der Waals surface area contributed by atoms with Gasteiger partial charge in [0.2, 0.25) is 10.0 Å². The minimum Gasteiger partial charge on any atom is -0.482 e. The number of sulfonamides is 1. The number of carbonyl (C=O) groups excluding carboxylic acids is 1. The third-order valence-electron chi connectivity index (χ3n) is 4.95. The molecule has 1 N–H and O–H groups in total. The second-order valence-corrected chi connectivity index (χ2v) is 10.4. The molecule has 164 valence electrons. The van der Waals surface area contributed by atoms with E-state index in [0.29, 0.717) is 17.6 Å². The van der Waals surface area contributed by atoms with Crippen LogP contribution in [-0.4, -0.2) is 34.4 Å². The molecule has 1 atom stereocenters. The molecule has 0 aliphatic heterocycles. The summed E-state index contributed by atoms with van der Waals surface area (Å²) in [5.74, 6) is 0.135. The molecule has 0 bridgehead atoms. The Morgan fingerprint density at radius 1 is 1.16 bits per heavy atom. The van der Waals surface area contributed by atoms with E-state index in [9.17, 15) is 13.2 Å². The smallest absolute Gasteiger partial charge is 0.344 e. The Morgan fingerprint density at radius 2 is 1.90 bits per heavy atom. The first-order valence-corrected chi connectivity index (χ1v) is 11.9. The maximum Gasteiger partial charge on any atom is 0.344 e. The standard InChI is InChI=1S/C23H28BNO5S/c1-23(2,3)30-22(26)15-29-21-13-7-11-18-19(21)10-4-5-12-20(18)25-31(27,28)17-9-6-8-16(24)14-17/h6-9,11,13-14,20,25H,4-5,10,12,15H2,1-3H3. The van der Waals surface area contributed by atoms with Crippen LogP contribution in [0.2, 0.25) is 0 Å². The van der Waals surface area contributed by atoms with Crippen LogP contribution in [-0.2, 0) is 26.0 Å². The van der Waals surface area contributed by atoms with Gasteiger partial charge in [-0.15, -0.1) is 0 Å². The summed E-state index contributed by atoms with van der Waals surface area (Å²) >= 11 is 0. The van der Waals surface area contributed by atoms with Crippen LogP contribution in [0.15, 0.2) is 47.4 Å². The van der Waals surface area contributed by atoms with Gasteiger partial charge in [-0.3, -0.25) is 0 Å². The minimum absolute atomic E-state index is 0.135. The molecule has 8 heteroatoms. The molecule has 0 saturated carbocycles. The topological polar surface area (TPSA) is 81.7 Å². The third kappa shape index (κ3) is 6.34. The van der Waals surface area contributed by atoms with E-state index >= 15 is 0 Å². The van der Waals surface area contributed by atoms with Crippen molar-refractivity contribution in [2.45, 2.75) is 63.0 Å². The van der Waals surface area contributed by atoms with Crippen molar-refractivity contribution in [3.05, 3.63) is 53.6 Å². The van der Waals surface area contributed by atoms with E-state index in [-0.39, 0.29) is 11.5 Å². The van der Waals surface area contributed by atoms with E-state index in [4.69, 9.17) is 17.3 Å². The van der Waals surface area contributed by atoms with Crippen molar-refractivity contribution in [2.24, 2.45) is 0 Å². The van der Waals surface area contributed by atoms with Crippen LogP contribution < -0.4 is 14.9 Å².